The number of benzene rings is 1. The summed E-state index contributed by atoms with van der Waals surface area (Å²) in [7, 11) is 3.32. The third kappa shape index (κ3) is 2.50. The molecule has 0 aliphatic rings. The summed E-state index contributed by atoms with van der Waals surface area (Å²) in [6.07, 6.45) is 1.07. The quantitative estimate of drug-likeness (QED) is 0.903. The van der Waals surface area contributed by atoms with Gasteiger partial charge in [-0.25, -0.2) is 4.98 Å². The van der Waals surface area contributed by atoms with Crippen LogP contribution in [0.1, 0.15) is 24.6 Å². The molecule has 0 aliphatic heterocycles. The molecule has 1 N–H and O–H groups in total. The standard InChI is InChI=1S/C16H22N2O2/c1-6-7-17-15-10(2)11(3)18-16-13(15)8-12(19-4)9-14(16)20-5/h8-9H,6-7H2,1-5H3,(H,17,18). The van der Waals surface area contributed by atoms with E-state index in [1.54, 1.807) is 14.2 Å². The van der Waals surface area contributed by atoms with Crippen LogP contribution in [0.25, 0.3) is 10.9 Å². The van der Waals surface area contributed by atoms with Gasteiger partial charge >= 0.3 is 0 Å². The number of aryl methyl sites for hydroxylation is 1. The molecule has 1 aromatic heterocycles. The molecular formula is C16H22N2O2. The van der Waals surface area contributed by atoms with Crippen LogP contribution in [0.4, 0.5) is 5.69 Å². The van der Waals surface area contributed by atoms with Gasteiger partial charge in [-0.3, -0.25) is 0 Å². The fourth-order valence-electron chi connectivity index (χ4n) is 2.27. The number of nitrogens with one attached hydrogen (secondary N) is 1. The highest BCUT2D eigenvalue weighted by Crippen LogP contribution is 2.36. The van der Waals surface area contributed by atoms with Crippen LogP contribution < -0.4 is 14.8 Å². The van der Waals surface area contributed by atoms with E-state index in [-0.39, 0.29) is 0 Å². The van der Waals surface area contributed by atoms with Crippen LogP contribution in [0.5, 0.6) is 11.5 Å². The van der Waals surface area contributed by atoms with E-state index in [4.69, 9.17) is 9.47 Å². The van der Waals surface area contributed by atoms with Crippen molar-refractivity contribution in [2.45, 2.75) is 27.2 Å². The lowest BCUT2D eigenvalue weighted by Crippen LogP contribution is -2.05. The average Bonchev–Trinajstić information content (AvgIpc) is 2.47. The monoisotopic (exact) mass is 274 g/mol. The Bertz CT molecular complexity index is 624. The number of rotatable bonds is 5. The molecule has 0 unspecified atom stereocenters. The minimum Gasteiger partial charge on any atom is -0.497 e. The van der Waals surface area contributed by atoms with Crippen molar-refractivity contribution in [3.8, 4) is 11.5 Å². The Morgan fingerprint density at radius 2 is 1.90 bits per heavy atom. The Morgan fingerprint density at radius 3 is 2.50 bits per heavy atom. The summed E-state index contributed by atoms with van der Waals surface area (Å²) in [5.41, 5.74) is 4.17. The number of pyridine rings is 1. The number of ether oxygens (including phenoxy) is 2. The highest BCUT2D eigenvalue weighted by atomic mass is 16.5. The number of hydrogen-bond acceptors (Lipinski definition) is 4. The molecule has 0 aliphatic carbocycles. The molecule has 0 spiro atoms. The third-order valence-electron chi connectivity index (χ3n) is 3.52. The van der Waals surface area contributed by atoms with Crippen LogP contribution in [0.3, 0.4) is 0 Å². The van der Waals surface area contributed by atoms with Crippen molar-refractivity contribution in [1.82, 2.24) is 4.98 Å². The molecule has 0 radical (unpaired) electrons. The first kappa shape index (κ1) is 14.4. The molecule has 0 amide bonds. The zero-order chi connectivity index (χ0) is 14.7. The first-order chi connectivity index (χ1) is 9.62. The number of methoxy groups -OCH3 is 2. The molecule has 108 valence electrons. The molecule has 0 saturated heterocycles. The van der Waals surface area contributed by atoms with E-state index in [1.807, 2.05) is 19.1 Å². The second kappa shape index (κ2) is 5.99. The van der Waals surface area contributed by atoms with Crippen LogP contribution in [-0.4, -0.2) is 25.7 Å². The van der Waals surface area contributed by atoms with Gasteiger partial charge in [0.15, 0.2) is 0 Å². The van der Waals surface area contributed by atoms with Gasteiger partial charge in [-0.15, -0.1) is 0 Å². The molecule has 2 rings (SSSR count). The first-order valence-corrected chi connectivity index (χ1v) is 6.89. The van der Waals surface area contributed by atoms with Crippen molar-refractivity contribution in [2.24, 2.45) is 0 Å². The van der Waals surface area contributed by atoms with Crippen LogP contribution in [0, 0.1) is 13.8 Å². The van der Waals surface area contributed by atoms with Crippen LogP contribution >= 0.6 is 0 Å². The van der Waals surface area contributed by atoms with E-state index >= 15 is 0 Å². The van der Waals surface area contributed by atoms with Gasteiger partial charge in [0.2, 0.25) is 0 Å². The van der Waals surface area contributed by atoms with Crippen molar-refractivity contribution < 1.29 is 9.47 Å². The van der Waals surface area contributed by atoms with Crippen molar-refractivity contribution in [3.63, 3.8) is 0 Å². The van der Waals surface area contributed by atoms with Crippen LogP contribution in [-0.2, 0) is 0 Å². The topological polar surface area (TPSA) is 43.4 Å². The summed E-state index contributed by atoms with van der Waals surface area (Å²) in [5.74, 6) is 1.51. The smallest absolute Gasteiger partial charge is 0.148 e. The van der Waals surface area contributed by atoms with Gasteiger partial charge in [0, 0.05) is 29.4 Å². The van der Waals surface area contributed by atoms with Crippen molar-refractivity contribution in [1.29, 1.82) is 0 Å². The van der Waals surface area contributed by atoms with Crippen molar-refractivity contribution in [2.75, 3.05) is 26.1 Å². The molecule has 2 aromatic rings. The molecule has 0 saturated carbocycles. The summed E-state index contributed by atoms with van der Waals surface area (Å²) >= 11 is 0. The fraction of sp³-hybridized carbons (Fsp3) is 0.438. The predicted molar refractivity (Wildman–Crippen MR) is 83.1 cm³/mol. The molecule has 0 bridgehead atoms. The van der Waals surface area contributed by atoms with E-state index in [2.05, 4.69) is 24.1 Å². The Kier molecular flexibility index (Phi) is 4.32. The maximum absolute atomic E-state index is 5.45. The van der Waals surface area contributed by atoms with Crippen molar-refractivity contribution >= 4 is 16.6 Å². The van der Waals surface area contributed by atoms with Crippen molar-refractivity contribution in [3.05, 3.63) is 23.4 Å². The summed E-state index contributed by atoms with van der Waals surface area (Å²) in [4.78, 5) is 4.67. The van der Waals surface area contributed by atoms with Gasteiger partial charge in [-0.05, 0) is 31.9 Å². The van der Waals surface area contributed by atoms with E-state index < -0.39 is 0 Å². The van der Waals surface area contributed by atoms with E-state index in [0.717, 1.165) is 46.7 Å². The minimum absolute atomic E-state index is 0.738. The van der Waals surface area contributed by atoms with Gasteiger partial charge in [0.25, 0.3) is 0 Å². The molecule has 4 heteroatoms. The van der Waals surface area contributed by atoms with Gasteiger partial charge in [0.05, 0.1) is 14.2 Å². The van der Waals surface area contributed by atoms with E-state index in [9.17, 15) is 0 Å². The largest absolute Gasteiger partial charge is 0.497 e. The Morgan fingerprint density at radius 1 is 1.15 bits per heavy atom. The maximum atomic E-state index is 5.45. The lowest BCUT2D eigenvalue weighted by Gasteiger charge is -2.16. The third-order valence-corrected chi connectivity index (χ3v) is 3.52. The van der Waals surface area contributed by atoms with E-state index in [1.165, 1.54) is 5.56 Å². The lowest BCUT2D eigenvalue weighted by atomic mass is 10.1. The number of fused-ring (bicyclic) bond motifs is 1. The van der Waals surface area contributed by atoms with E-state index in [0.29, 0.717) is 0 Å². The summed E-state index contributed by atoms with van der Waals surface area (Å²) in [5, 5.41) is 4.54. The average molecular weight is 274 g/mol. The highest BCUT2D eigenvalue weighted by Gasteiger charge is 2.14. The van der Waals surface area contributed by atoms with Gasteiger partial charge in [-0.2, -0.15) is 0 Å². The van der Waals surface area contributed by atoms with Gasteiger partial charge in [-0.1, -0.05) is 6.92 Å². The predicted octanol–water partition coefficient (Wildman–Crippen LogP) is 3.69. The van der Waals surface area contributed by atoms with Gasteiger partial charge < -0.3 is 14.8 Å². The highest BCUT2D eigenvalue weighted by molar-refractivity contribution is 5.97. The summed E-state index contributed by atoms with van der Waals surface area (Å²) in [6.45, 7) is 7.19. The summed E-state index contributed by atoms with van der Waals surface area (Å²) < 4.78 is 10.8. The van der Waals surface area contributed by atoms with Crippen LogP contribution in [0.15, 0.2) is 12.1 Å². The second-order valence-electron chi connectivity index (χ2n) is 4.85. The second-order valence-corrected chi connectivity index (χ2v) is 4.85. The number of anilines is 1. The summed E-state index contributed by atoms with van der Waals surface area (Å²) in [6, 6.07) is 3.88. The zero-order valence-corrected chi connectivity index (χ0v) is 12.8. The SMILES string of the molecule is CCCNc1c(C)c(C)nc2c(OC)cc(OC)cc12. The molecule has 20 heavy (non-hydrogen) atoms. The normalized spacial score (nSPS) is 10.7. The van der Waals surface area contributed by atoms with Crippen LogP contribution in [0.2, 0.25) is 0 Å². The molecule has 1 aromatic carbocycles. The molecule has 0 fully saturated rings. The number of nitrogens with zero attached hydrogens (tertiary/aromatic N) is 1. The number of hydrogen-bond donors (Lipinski definition) is 1. The lowest BCUT2D eigenvalue weighted by molar-refractivity contribution is 0.397. The first-order valence-electron chi connectivity index (χ1n) is 6.89. The molecular weight excluding hydrogens is 252 g/mol. The minimum atomic E-state index is 0.738. The Balaban J connectivity index is 2.75. The Hall–Kier alpha value is -1.97. The molecule has 4 nitrogen and oxygen atoms in total. The number of aromatic nitrogens is 1. The molecule has 0 atom stereocenters. The molecule has 1 heterocycles. The Labute approximate surface area is 120 Å². The zero-order valence-electron chi connectivity index (χ0n) is 12.8. The fourth-order valence-corrected chi connectivity index (χ4v) is 2.27. The maximum Gasteiger partial charge on any atom is 0.148 e. The van der Waals surface area contributed by atoms with Gasteiger partial charge in [0.1, 0.15) is 17.0 Å².